The van der Waals surface area contributed by atoms with Crippen LogP contribution in [0.1, 0.15) is 28.5 Å². The molecule has 0 unspecified atom stereocenters. The van der Waals surface area contributed by atoms with E-state index in [4.69, 9.17) is 4.74 Å². The Hall–Kier alpha value is -5.44. The summed E-state index contributed by atoms with van der Waals surface area (Å²) >= 11 is 0. The number of aromatic nitrogens is 4. The van der Waals surface area contributed by atoms with Gasteiger partial charge in [-0.1, -0.05) is 12.6 Å². The Morgan fingerprint density at radius 1 is 1.12 bits per heavy atom. The van der Waals surface area contributed by atoms with Crippen molar-refractivity contribution in [2.75, 3.05) is 59.8 Å². The van der Waals surface area contributed by atoms with E-state index in [0.717, 1.165) is 44.1 Å². The summed E-state index contributed by atoms with van der Waals surface area (Å²) in [6.45, 7) is 9.78. The number of benzene rings is 1. The third-order valence-corrected chi connectivity index (χ3v) is 9.55. The number of rotatable bonds is 9. The second kappa shape index (κ2) is 13.8. The van der Waals surface area contributed by atoms with Crippen molar-refractivity contribution in [2.45, 2.75) is 32.0 Å². The van der Waals surface area contributed by atoms with E-state index in [1.165, 1.54) is 15.5 Å². The minimum Gasteiger partial charge on any atom is -0.392 e. The van der Waals surface area contributed by atoms with Gasteiger partial charge in [0.05, 0.1) is 42.9 Å². The molecule has 6 heterocycles. The van der Waals surface area contributed by atoms with Crippen LogP contribution in [-0.4, -0.2) is 92.8 Å². The van der Waals surface area contributed by atoms with E-state index in [2.05, 4.69) is 48.9 Å². The fraction of sp³-hybridized carbons (Fsp3) is 0.333. The molecule has 0 radical (unpaired) electrons. The number of aliphatic hydroxyl groups is 1. The highest BCUT2D eigenvalue weighted by atomic mass is 16.5. The second-order valence-electron chi connectivity index (χ2n) is 12.7. The van der Waals surface area contributed by atoms with Gasteiger partial charge < -0.3 is 29.9 Å². The predicted octanol–water partition coefficient (Wildman–Crippen LogP) is 2.71. The molecule has 3 aliphatic heterocycles. The Labute approximate surface area is 289 Å². The van der Waals surface area contributed by atoms with Crippen LogP contribution in [0.3, 0.4) is 0 Å². The molecule has 3 aromatic heterocycles. The highest BCUT2D eigenvalue weighted by Crippen LogP contribution is 2.35. The van der Waals surface area contributed by atoms with Crippen molar-refractivity contribution in [3.05, 3.63) is 94.8 Å². The van der Waals surface area contributed by atoms with Crippen LogP contribution in [0.25, 0.3) is 11.3 Å². The molecule has 0 saturated carbocycles. The van der Waals surface area contributed by atoms with Gasteiger partial charge in [0.1, 0.15) is 11.5 Å². The normalized spacial score (nSPS) is 18.0. The lowest BCUT2D eigenvalue weighted by molar-refractivity contribution is -0.111. The first-order valence-electron chi connectivity index (χ1n) is 16.6. The molecule has 4 aromatic rings. The molecule has 0 aliphatic carbocycles. The lowest BCUT2D eigenvalue weighted by atomic mass is 10.0. The Morgan fingerprint density at radius 3 is 2.70 bits per heavy atom. The van der Waals surface area contributed by atoms with Gasteiger partial charge in [-0.2, -0.15) is 0 Å². The van der Waals surface area contributed by atoms with Gasteiger partial charge in [-0.25, -0.2) is 9.97 Å². The highest BCUT2D eigenvalue weighted by molar-refractivity contribution is 6.07. The number of aliphatic hydroxyl groups excluding tert-OH is 1. The summed E-state index contributed by atoms with van der Waals surface area (Å²) in [5, 5.41) is 16.7. The van der Waals surface area contributed by atoms with Gasteiger partial charge in [-0.15, -0.1) is 0 Å². The largest absolute Gasteiger partial charge is 0.392 e. The molecule has 0 bridgehead atoms. The maximum absolute atomic E-state index is 13.4. The molecule has 50 heavy (non-hydrogen) atoms. The number of anilines is 5. The number of nitrogens with one attached hydrogen (secondary N) is 2. The minimum absolute atomic E-state index is 0.0397. The fourth-order valence-electron chi connectivity index (χ4n) is 6.82. The minimum atomic E-state index is -0.417. The zero-order valence-electron chi connectivity index (χ0n) is 28.0. The van der Waals surface area contributed by atoms with Gasteiger partial charge in [0.25, 0.3) is 11.5 Å². The lowest BCUT2D eigenvalue weighted by Crippen LogP contribution is -2.59. The van der Waals surface area contributed by atoms with Crippen LogP contribution in [-0.2, 0) is 29.6 Å². The summed E-state index contributed by atoms with van der Waals surface area (Å²) in [7, 11) is 1.62. The third-order valence-electron chi connectivity index (χ3n) is 9.55. The van der Waals surface area contributed by atoms with Crippen molar-refractivity contribution in [1.29, 1.82) is 0 Å². The van der Waals surface area contributed by atoms with Crippen molar-refractivity contribution < 1.29 is 19.4 Å². The number of hydrogen-bond donors (Lipinski definition) is 3. The summed E-state index contributed by atoms with van der Waals surface area (Å²) in [5.74, 6) is -0.300. The number of hydrogen-bond acceptors (Lipinski definition) is 11. The van der Waals surface area contributed by atoms with Gasteiger partial charge in [-0.05, 0) is 55.3 Å². The van der Waals surface area contributed by atoms with Crippen LogP contribution in [0.5, 0.6) is 0 Å². The molecule has 2 fully saturated rings. The van der Waals surface area contributed by atoms with Crippen molar-refractivity contribution in [3.8, 4) is 11.3 Å². The van der Waals surface area contributed by atoms with Crippen LogP contribution in [0, 0.1) is 0 Å². The van der Waals surface area contributed by atoms with Crippen molar-refractivity contribution in [2.24, 2.45) is 7.05 Å². The van der Waals surface area contributed by atoms with Crippen LogP contribution >= 0.6 is 0 Å². The number of pyridine rings is 2. The molecular formula is C36H39N9O5. The van der Waals surface area contributed by atoms with E-state index in [1.807, 2.05) is 18.2 Å². The molecule has 1 atom stereocenters. The molecule has 3 aliphatic rings. The zero-order valence-corrected chi connectivity index (χ0v) is 28.0. The number of ether oxygens (including phenoxy) is 1. The smallest absolute Gasteiger partial charge is 0.293 e. The first-order chi connectivity index (χ1) is 24.2. The monoisotopic (exact) mass is 677 g/mol. The van der Waals surface area contributed by atoms with E-state index in [1.54, 1.807) is 43.8 Å². The molecule has 14 heteroatoms. The summed E-state index contributed by atoms with van der Waals surface area (Å²) < 4.78 is 6.80. The molecule has 258 valence electrons. The maximum atomic E-state index is 13.4. The SMILES string of the molecule is C=CC(=O)Nc1cc(Nc2nc(-c3ccnc(N4CCc5cccnc5C4=O)c3CO)cn(C)c2=O)ccc1N1CCN(C2COC2)C[C@@H]1C. The number of amides is 2. The lowest BCUT2D eigenvalue weighted by Gasteiger charge is -2.46. The molecule has 0 spiro atoms. The van der Waals surface area contributed by atoms with Crippen molar-refractivity contribution in [1.82, 2.24) is 24.4 Å². The summed E-state index contributed by atoms with van der Waals surface area (Å²) in [4.78, 5) is 59.0. The van der Waals surface area contributed by atoms with E-state index in [-0.39, 0.29) is 29.2 Å². The van der Waals surface area contributed by atoms with Gasteiger partial charge in [0.15, 0.2) is 5.82 Å². The van der Waals surface area contributed by atoms with E-state index >= 15 is 0 Å². The number of nitrogens with zero attached hydrogens (tertiary/aromatic N) is 7. The molecule has 2 amide bonds. The molecular weight excluding hydrogens is 638 g/mol. The highest BCUT2D eigenvalue weighted by Gasteiger charge is 2.33. The van der Waals surface area contributed by atoms with E-state index < -0.39 is 6.61 Å². The van der Waals surface area contributed by atoms with Crippen molar-refractivity contribution in [3.63, 3.8) is 0 Å². The second-order valence-corrected chi connectivity index (χ2v) is 12.7. The molecule has 3 N–H and O–H groups in total. The molecule has 2 saturated heterocycles. The topological polar surface area (TPSA) is 158 Å². The Kier molecular flexibility index (Phi) is 9.14. The predicted molar refractivity (Wildman–Crippen MR) is 190 cm³/mol. The van der Waals surface area contributed by atoms with E-state index in [9.17, 15) is 19.5 Å². The zero-order chi connectivity index (χ0) is 34.9. The first kappa shape index (κ1) is 33.1. The Balaban J connectivity index is 1.19. The van der Waals surface area contributed by atoms with Crippen molar-refractivity contribution >= 4 is 40.5 Å². The molecule has 1 aromatic carbocycles. The van der Waals surface area contributed by atoms with Crippen LogP contribution < -0.4 is 26.0 Å². The molecule has 14 nitrogen and oxygen atoms in total. The van der Waals surface area contributed by atoms with E-state index in [0.29, 0.717) is 58.7 Å². The first-order valence-corrected chi connectivity index (χ1v) is 16.6. The standard InChI is InChI=1S/C36H39N9O5/c1-4-31(47)40-28-16-24(7-8-30(28)44-15-14-43(17-22(44)2)25-20-50-21-25)39-33-36(49)42(3)18-29(41-33)26-9-12-38-34(27(26)19-46)45-13-10-23-6-5-11-37-32(23)35(45)48/h4-9,11-12,16,18,22,25,46H,1,10,13-15,17,19-21H2,2-3H3,(H,39,41)(H,40,47)/t22-/m0/s1. The third kappa shape index (κ3) is 6.24. The van der Waals surface area contributed by atoms with Crippen LogP contribution in [0.15, 0.2) is 72.4 Å². The van der Waals surface area contributed by atoms with Gasteiger partial charge in [-0.3, -0.25) is 29.2 Å². The fourth-order valence-corrected chi connectivity index (χ4v) is 6.82. The summed E-state index contributed by atoms with van der Waals surface area (Å²) in [6, 6.07) is 11.6. The average Bonchev–Trinajstić information content (AvgIpc) is 3.10. The number of aryl methyl sites for hydroxylation is 1. The van der Waals surface area contributed by atoms with Gasteiger partial charge in [0, 0.05) is 74.7 Å². The number of fused-ring (bicyclic) bond motifs is 1. The quantitative estimate of drug-likeness (QED) is 0.224. The average molecular weight is 678 g/mol. The molecule has 7 rings (SSSR count). The number of piperazine rings is 1. The summed E-state index contributed by atoms with van der Waals surface area (Å²) in [6.07, 6.45) is 6.53. The van der Waals surface area contributed by atoms with Crippen LogP contribution in [0.2, 0.25) is 0 Å². The van der Waals surface area contributed by atoms with Gasteiger partial charge >= 0.3 is 0 Å². The Morgan fingerprint density at radius 2 is 1.96 bits per heavy atom. The number of carbonyl (C=O) groups is 2. The van der Waals surface area contributed by atoms with Gasteiger partial charge in [0.2, 0.25) is 5.91 Å². The summed E-state index contributed by atoms with van der Waals surface area (Å²) in [5.41, 5.74) is 4.12. The number of carbonyl (C=O) groups excluding carboxylic acids is 2. The maximum Gasteiger partial charge on any atom is 0.293 e. The van der Waals surface area contributed by atoms with Crippen LogP contribution in [0.4, 0.5) is 28.7 Å². The Bertz CT molecular complexity index is 2030.